The lowest BCUT2D eigenvalue weighted by Crippen LogP contribution is -2.29. The van der Waals surface area contributed by atoms with Gasteiger partial charge in [0.2, 0.25) is 0 Å². The van der Waals surface area contributed by atoms with Crippen LogP contribution in [0.25, 0.3) is 66.1 Å². The Hall–Kier alpha value is -9.82. The first kappa shape index (κ1) is 46.5. The topological polar surface area (TPSA) is 3.24 Å². The highest BCUT2D eigenvalue weighted by molar-refractivity contribution is 6.12. The number of aryl methyl sites for hydroxylation is 2. The number of nitrogens with zero attached hydrogens (tertiary/aromatic N) is 1. The second-order valence-electron chi connectivity index (χ2n) is 21.6. The zero-order valence-corrected chi connectivity index (χ0v) is 44.2. The molecule has 0 N–H and O–H groups in total. The molecule has 13 aromatic rings. The SMILES string of the molecule is Cc1ccc(-c2cc3c(c4ccccc24)-c2ccc(N(c4ccccc4)c4ccc5c(c4)C(c4ccccc4)(c4ccccc4)c4cc(-c6ccc(C)cc6)c6ccccc6c4-5)cc2C3(c2ccccc2)c2ccccc2)cc1. The Morgan fingerprint density at radius 1 is 0.241 bits per heavy atom. The molecule has 0 saturated carbocycles. The van der Waals surface area contributed by atoms with Crippen molar-refractivity contribution in [2.75, 3.05) is 4.90 Å². The van der Waals surface area contributed by atoms with E-state index in [4.69, 9.17) is 0 Å². The molecule has 0 heterocycles. The van der Waals surface area contributed by atoms with Crippen molar-refractivity contribution >= 4 is 38.6 Å². The Labute approximate surface area is 463 Å². The van der Waals surface area contributed by atoms with Crippen LogP contribution in [-0.2, 0) is 10.8 Å². The number of hydrogen-bond donors (Lipinski definition) is 0. The van der Waals surface area contributed by atoms with Gasteiger partial charge < -0.3 is 4.90 Å². The van der Waals surface area contributed by atoms with Gasteiger partial charge in [0.25, 0.3) is 0 Å². The average Bonchev–Trinajstić information content (AvgIpc) is 2.98. The summed E-state index contributed by atoms with van der Waals surface area (Å²) in [5.74, 6) is 0. The molecule has 0 radical (unpaired) electrons. The molecule has 0 bridgehead atoms. The van der Waals surface area contributed by atoms with E-state index in [1.54, 1.807) is 0 Å². The first-order chi connectivity index (χ1) is 39.0. The van der Waals surface area contributed by atoms with Crippen molar-refractivity contribution in [1.82, 2.24) is 0 Å². The number of benzene rings is 13. The van der Waals surface area contributed by atoms with Crippen molar-refractivity contribution in [3.63, 3.8) is 0 Å². The van der Waals surface area contributed by atoms with Crippen LogP contribution in [0.1, 0.15) is 55.6 Å². The third kappa shape index (κ3) is 7.02. The highest BCUT2D eigenvalue weighted by Crippen LogP contribution is 2.62. The molecule has 0 fully saturated rings. The summed E-state index contributed by atoms with van der Waals surface area (Å²) in [4.78, 5) is 2.50. The molecule has 0 amide bonds. The van der Waals surface area contributed by atoms with Crippen molar-refractivity contribution in [3.05, 3.63) is 353 Å². The zero-order chi connectivity index (χ0) is 52.7. The van der Waals surface area contributed by atoms with Gasteiger partial charge in [0.15, 0.2) is 0 Å². The molecule has 2 aliphatic rings. The lowest BCUT2D eigenvalue weighted by atomic mass is 9.67. The van der Waals surface area contributed by atoms with Crippen LogP contribution in [0, 0.1) is 13.8 Å². The maximum Gasteiger partial charge on any atom is 0.0714 e. The van der Waals surface area contributed by atoms with Gasteiger partial charge in [-0.3, -0.25) is 0 Å². The number of rotatable bonds is 9. The summed E-state index contributed by atoms with van der Waals surface area (Å²) in [7, 11) is 0. The third-order valence-corrected chi connectivity index (χ3v) is 17.3. The van der Waals surface area contributed by atoms with Crippen molar-refractivity contribution < 1.29 is 0 Å². The Balaban J connectivity index is 1.02. The summed E-state index contributed by atoms with van der Waals surface area (Å²) in [5.41, 5.74) is 24.4. The molecular formula is C78H55N. The standard InChI is InChI=1S/C78H55N/c1-52-36-40-54(41-37-52)69-50-73-75(65-34-20-18-32-63(65)69)67-46-44-61(48-71(67)77(73,56-22-8-3-9-23-56)57-24-10-4-11-25-57)79(60-30-16-7-17-31-60)62-45-47-68-72(49-62)78(58-26-12-5-13-27-58,59-28-14-6-15-29-59)74-51-70(55-42-38-53(2)39-43-55)64-33-19-21-35-66(64)76(68)74/h3-51H,1-2H3. The van der Waals surface area contributed by atoms with Crippen molar-refractivity contribution in [3.8, 4) is 44.5 Å². The highest BCUT2D eigenvalue weighted by atomic mass is 15.1. The van der Waals surface area contributed by atoms with E-state index in [9.17, 15) is 0 Å². The lowest BCUT2D eigenvalue weighted by Gasteiger charge is -2.36. The van der Waals surface area contributed by atoms with Crippen LogP contribution >= 0.6 is 0 Å². The third-order valence-electron chi connectivity index (χ3n) is 17.3. The number of fused-ring (bicyclic) bond motifs is 10. The smallest absolute Gasteiger partial charge is 0.0714 e. The number of hydrogen-bond acceptors (Lipinski definition) is 1. The van der Waals surface area contributed by atoms with E-state index in [0.717, 1.165) is 17.1 Å². The van der Waals surface area contributed by atoms with Crippen LogP contribution in [0.15, 0.2) is 297 Å². The fraction of sp³-hybridized carbons (Fsp3) is 0.0513. The van der Waals surface area contributed by atoms with Crippen LogP contribution in [0.5, 0.6) is 0 Å². The Bertz CT molecular complexity index is 4100. The molecule has 15 rings (SSSR count). The Kier molecular flexibility index (Phi) is 10.8. The summed E-state index contributed by atoms with van der Waals surface area (Å²) < 4.78 is 0. The molecule has 0 aliphatic heterocycles. The maximum absolute atomic E-state index is 2.52. The maximum atomic E-state index is 2.52. The molecule has 0 unspecified atom stereocenters. The second-order valence-corrected chi connectivity index (χ2v) is 21.6. The number of para-hydroxylation sites is 1. The minimum atomic E-state index is -0.666. The molecule has 79 heavy (non-hydrogen) atoms. The second kappa shape index (κ2) is 18.4. The predicted molar refractivity (Wildman–Crippen MR) is 331 cm³/mol. The minimum absolute atomic E-state index is 0.666. The molecule has 1 nitrogen and oxygen atoms in total. The summed E-state index contributed by atoms with van der Waals surface area (Å²) in [6.07, 6.45) is 0. The summed E-state index contributed by atoms with van der Waals surface area (Å²) in [5, 5.41) is 5.02. The van der Waals surface area contributed by atoms with Gasteiger partial charge in [0.05, 0.1) is 10.8 Å². The highest BCUT2D eigenvalue weighted by Gasteiger charge is 2.49. The van der Waals surface area contributed by atoms with E-state index in [-0.39, 0.29) is 0 Å². The number of anilines is 3. The largest absolute Gasteiger partial charge is 0.310 e. The average molecular weight is 1010 g/mol. The molecule has 0 spiro atoms. The van der Waals surface area contributed by atoms with Crippen LogP contribution in [0.4, 0.5) is 17.1 Å². The van der Waals surface area contributed by atoms with Gasteiger partial charge in [-0.25, -0.2) is 0 Å². The summed E-state index contributed by atoms with van der Waals surface area (Å²) in [6.45, 7) is 4.34. The van der Waals surface area contributed by atoms with Crippen molar-refractivity contribution in [1.29, 1.82) is 0 Å². The Morgan fingerprint density at radius 2 is 0.557 bits per heavy atom. The predicted octanol–water partition coefficient (Wildman–Crippen LogP) is 20.1. The molecule has 372 valence electrons. The quantitative estimate of drug-likeness (QED) is 0.139. The minimum Gasteiger partial charge on any atom is -0.310 e. The fourth-order valence-corrected chi connectivity index (χ4v) is 13.9. The van der Waals surface area contributed by atoms with Gasteiger partial charge in [-0.1, -0.05) is 260 Å². The van der Waals surface area contributed by atoms with Gasteiger partial charge in [0, 0.05) is 17.1 Å². The Morgan fingerprint density at radius 3 is 0.911 bits per heavy atom. The molecule has 0 atom stereocenters. The zero-order valence-electron chi connectivity index (χ0n) is 44.2. The van der Waals surface area contributed by atoms with Crippen LogP contribution in [0.2, 0.25) is 0 Å². The van der Waals surface area contributed by atoms with Crippen LogP contribution in [0.3, 0.4) is 0 Å². The van der Waals surface area contributed by atoms with E-state index in [1.165, 1.54) is 122 Å². The van der Waals surface area contributed by atoms with E-state index in [0.29, 0.717) is 0 Å². The first-order valence-corrected chi connectivity index (χ1v) is 27.7. The van der Waals surface area contributed by atoms with Crippen molar-refractivity contribution in [2.45, 2.75) is 24.7 Å². The van der Waals surface area contributed by atoms with E-state index >= 15 is 0 Å². The van der Waals surface area contributed by atoms with Gasteiger partial charge in [-0.15, -0.1) is 0 Å². The van der Waals surface area contributed by atoms with Crippen molar-refractivity contribution in [2.24, 2.45) is 0 Å². The summed E-state index contributed by atoms with van der Waals surface area (Å²) in [6, 6.07) is 112. The lowest BCUT2D eigenvalue weighted by molar-refractivity contribution is 0.768. The van der Waals surface area contributed by atoms with Gasteiger partial charge in [-0.05, 0) is 173 Å². The molecule has 2 aliphatic carbocycles. The molecule has 1 heteroatoms. The van der Waals surface area contributed by atoms with Gasteiger partial charge in [-0.2, -0.15) is 0 Å². The van der Waals surface area contributed by atoms with E-state index in [1.807, 2.05) is 0 Å². The summed E-state index contributed by atoms with van der Waals surface area (Å²) >= 11 is 0. The molecular weight excluding hydrogens is 951 g/mol. The molecule has 13 aromatic carbocycles. The van der Waals surface area contributed by atoms with Gasteiger partial charge >= 0.3 is 0 Å². The fourth-order valence-electron chi connectivity index (χ4n) is 13.9. The van der Waals surface area contributed by atoms with E-state index < -0.39 is 10.8 Å². The van der Waals surface area contributed by atoms with Gasteiger partial charge in [0.1, 0.15) is 0 Å². The normalized spacial score (nSPS) is 13.4. The first-order valence-electron chi connectivity index (χ1n) is 27.7. The monoisotopic (exact) mass is 1010 g/mol. The van der Waals surface area contributed by atoms with Crippen LogP contribution in [-0.4, -0.2) is 0 Å². The van der Waals surface area contributed by atoms with E-state index in [2.05, 4.69) is 316 Å². The van der Waals surface area contributed by atoms with Crippen LogP contribution < -0.4 is 4.90 Å². The molecule has 0 aromatic heterocycles. The molecule has 0 saturated heterocycles.